The number of unbranched alkanes of at least 4 members (excludes halogenated alkanes) is 19. The van der Waals surface area contributed by atoms with E-state index in [1.165, 1.54) is 83.5 Å². The van der Waals surface area contributed by atoms with E-state index in [1.54, 1.807) is 0 Å². The van der Waals surface area contributed by atoms with Gasteiger partial charge in [0.05, 0.1) is 13.2 Å². The maximum atomic E-state index is 12.6. The molecule has 0 aliphatic rings. The van der Waals surface area contributed by atoms with E-state index in [0.717, 1.165) is 57.8 Å². The number of phosphoric ester groups is 1. The van der Waals surface area contributed by atoms with E-state index in [9.17, 15) is 23.8 Å². The van der Waals surface area contributed by atoms with Gasteiger partial charge in [-0.05, 0) is 44.9 Å². The maximum absolute atomic E-state index is 12.6. The molecule has 0 radical (unpaired) electrons. The van der Waals surface area contributed by atoms with Gasteiger partial charge in [-0.2, -0.15) is 0 Å². The molecular weight excluding hydrogens is 709 g/mol. The summed E-state index contributed by atoms with van der Waals surface area (Å²) in [5.41, 5.74) is 5.32. The predicted octanol–water partition coefficient (Wildman–Crippen LogP) is 10.8. The molecule has 0 fully saturated rings. The van der Waals surface area contributed by atoms with Crippen molar-refractivity contribution in [1.29, 1.82) is 0 Å². The first kappa shape index (κ1) is 51.7. The summed E-state index contributed by atoms with van der Waals surface area (Å²) in [5, 5.41) is 8.87. The number of nitrogens with two attached hydrogens (primary N) is 1. The Hall–Kier alpha value is -2.30. The topological polar surface area (TPSA) is 172 Å². The molecule has 0 spiro atoms. The average molecular weight is 786 g/mol. The number of aliphatic carboxylic acids is 1. The van der Waals surface area contributed by atoms with Crippen LogP contribution < -0.4 is 5.73 Å². The fourth-order valence-electron chi connectivity index (χ4n) is 5.61. The van der Waals surface area contributed by atoms with Gasteiger partial charge < -0.3 is 25.2 Å². The van der Waals surface area contributed by atoms with Crippen LogP contribution in [0.15, 0.2) is 36.5 Å². The van der Waals surface area contributed by atoms with Crippen LogP contribution >= 0.6 is 7.82 Å². The number of allylic oxidation sites excluding steroid dienone is 6. The van der Waals surface area contributed by atoms with Gasteiger partial charge in [0.1, 0.15) is 12.6 Å². The fraction of sp³-hybridized carbons (Fsp3) is 0.786. The molecule has 0 amide bonds. The van der Waals surface area contributed by atoms with E-state index in [4.69, 9.17) is 24.8 Å². The van der Waals surface area contributed by atoms with Crippen molar-refractivity contribution in [2.45, 2.75) is 193 Å². The lowest BCUT2D eigenvalue weighted by Gasteiger charge is -2.20. The van der Waals surface area contributed by atoms with E-state index in [-0.39, 0.29) is 19.4 Å². The summed E-state index contributed by atoms with van der Waals surface area (Å²) in [5.74, 6) is -2.41. The molecule has 0 aromatic heterocycles. The molecule has 0 rings (SSSR count). The number of carboxylic acid groups (broad SMARTS) is 1. The van der Waals surface area contributed by atoms with Crippen LogP contribution in [-0.2, 0) is 37.5 Å². The number of esters is 2. The highest BCUT2D eigenvalue weighted by Gasteiger charge is 2.28. The number of carbonyl (C=O) groups excluding carboxylic acids is 2. The number of carbonyl (C=O) groups is 3. The van der Waals surface area contributed by atoms with Gasteiger partial charge in [0.2, 0.25) is 0 Å². The van der Waals surface area contributed by atoms with Gasteiger partial charge in [0.15, 0.2) is 6.10 Å². The van der Waals surface area contributed by atoms with Crippen molar-refractivity contribution < 1.29 is 47.5 Å². The first-order valence-corrected chi connectivity index (χ1v) is 22.5. The largest absolute Gasteiger partial charge is 0.480 e. The van der Waals surface area contributed by atoms with Gasteiger partial charge in [-0.25, -0.2) is 4.57 Å². The zero-order chi connectivity index (χ0) is 40.0. The predicted molar refractivity (Wildman–Crippen MR) is 217 cm³/mol. The zero-order valence-corrected chi connectivity index (χ0v) is 34.7. The Bertz CT molecular complexity index is 1060. The maximum Gasteiger partial charge on any atom is 0.472 e. The Morgan fingerprint density at radius 2 is 1.04 bits per heavy atom. The number of carboxylic acids is 1. The van der Waals surface area contributed by atoms with Gasteiger partial charge in [-0.3, -0.25) is 23.4 Å². The van der Waals surface area contributed by atoms with E-state index < -0.39 is 51.1 Å². The summed E-state index contributed by atoms with van der Waals surface area (Å²) < 4.78 is 32.6. The molecule has 11 nitrogen and oxygen atoms in total. The molecule has 3 unspecified atom stereocenters. The average Bonchev–Trinajstić information content (AvgIpc) is 3.14. The first-order valence-electron chi connectivity index (χ1n) is 21.0. The second-order valence-electron chi connectivity index (χ2n) is 14.1. The third kappa shape index (κ3) is 36.7. The molecule has 0 aliphatic carbocycles. The molecule has 0 heterocycles. The molecule has 4 N–H and O–H groups in total. The molecular formula is C42H76NO10P. The Kier molecular flexibility index (Phi) is 36.0. The monoisotopic (exact) mass is 786 g/mol. The van der Waals surface area contributed by atoms with Crippen LogP contribution in [0, 0.1) is 0 Å². The number of ether oxygens (including phenoxy) is 2. The minimum atomic E-state index is -4.72. The zero-order valence-electron chi connectivity index (χ0n) is 33.8. The molecule has 314 valence electrons. The highest BCUT2D eigenvalue weighted by atomic mass is 31.2. The van der Waals surface area contributed by atoms with Crippen LogP contribution in [0.3, 0.4) is 0 Å². The van der Waals surface area contributed by atoms with Crippen LogP contribution in [0.5, 0.6) is 0 Å². The summed E-state index contributed by atoms with van der Waals surface area (Å²) in [7, 11) is -4.72. The van der Waals surface area contributed by atoms with Crippen molar-refractivity contribution in [3.05, 3.63) is 36.5 Å². The van der Waals surface area contributed by atoms with Crippen molar-refractivity contribution in [3.8, 4) is 0 Å². The summed E-state index contributed by atoms with van der Waals surface area (Å²) in [4.78, 5) is 45.9. The molecule has 0 aromatic rings. The minimum Gasteiger partial charge on any atom is -0.480 e. The number of phosphoric acid groups is 1. The molecule has 0 bridgehead atoms. The van der Waals surface area contributed by atoms with E-state index in [2.05, 4.69) is 54.8 Å². The highest BCUT2D eigenvalue weighted by Crippen LogP contribution is 2.43. The third-order valence-corrected chi connectivity index (χ3v) is 9.85. The molecule has 0 aliphatic heterocycles. The Labute approximate surface area is 327 Å². The Balaban J connectivity index is 4.37. The van der Waals surface area contributed by atoms with Crippen LogP contribution in [0.4, 0.5) is 0 Å². The second-order valence-corrected chi connectivity index (χ2v) is 15.6. The van der Waals surface area contributed by atoms with Crippen molar-refractivity contribution >= 4 is 25.7 Å². The van der Waals surface area contributed by atoms with Crippen LogP contribution in [-0.4, -0.2) is 59.9 Å². The summed E-state index contributed by atoms with van der Waals surface area (Å²) in [6.45, 7) is 2.66. The minimum absolute atomic E-state index is 0.127. The fourth-order valence-corrected chi connectivity index (χ4v) is 6.39. The second kappa shape index (κ2) is 37.6. The normalized spacial score (nSPS) is 14.1. The van der Waals surface area contributed by atoms with Crippen molar-refractivity contribution in [2.24, 2.45) is 5.73 Å². The molecule has 3 atom stereocenters. The van der Waals surface area contributed by atoms with Gasteiger partial charge >= 0.3 is 25.7 Å². The Morgan fingerprint density at radius 3 is 1.56 bits per heavy atom. The highest BCUT2D eigenvalue weighted by molar-refractivity contribution is 7.47. The van der Waals surface area contributed by atoms with Crippen molar-refractivity contribution in [3.63, 3.8) is 0 Å². The van der Waals surface area contributed by atoms with Gasteiger partial charge in [0, 0.05) is 12.8 Å². The lowest BCUT2D eigenvalue weighted by atomic mass is 10.0. The van der Waals surface area contributed by atoms with E-state index in [1.807, 2.05) is 0 Å². The number of hydrogen-bond acceptors (Lipinski definition) is 9. The molecule has 12 heteroatoms. The molecule has 54 heavy (non-hydrogen) atoms. The lowest BCUT2D eigenvalue weighted by Crippen LogP contribution is -2.34. The van der Waals surface area contributed by atoms with Gasteiger partial charge in [-0.1, -0.05) is 159 Å². The van der Waals surface area contributed by atoms with Crippen LogP contribution in [0.2, 0.25) is 0 Å². The molecule has 0 saturated carbocycles. The SMILES string of the molecule is CC/C=C\C/C=C\C/C=C\CCCCCC(=O)OC(COC(=O)CCCCCCCCCCCCCCCCCCC)COP(=O)(O)OCC(N)C(=O)O. The smallest absolute Gasteiger partial charge is 0.472 e. The standard InChI is InChI=1S/C42H76NO10P/c1-3-5-7-9-11-13-15-17-18-19-20-22-23-25-27-29-31-33-40(44)50-35-38(36-51-54(48,49)52-37-39(43)42(46)47)53-41(45)34-32-30-28-26-24-21-16-14-12-10-8-6-4-2/h6,8,12,14,21,24,38-39H,3-5,7,9-11,13,15-20,22-23,25-37,43H2,1-2H3,(H,46,47)(H,48,49)/b8-6-,14-12-,24-21-. The summed E-state index contributed by atoms with van der Waals surface area (Å²) >= 11 is 0. The van der Waals surface area contributed by atoms with Crippen molar-refractivity contribution in [1.82, 2.24) is 0 Å². The van der Waals surface area contributed by atoms with E-state index in [0.29, 0.717) is 12.8 Å². The van der Waals surface area contributed by atoms with Gasteiger partial charge in [-0.15, -0.1) is 0 Å². The number of rotatable bonds is 39. The number of hydrogen-bond donors (Lipinski definition) is 3. The first-order chi connectivity index (χ1) is 26.1. The van der Waals surface area contributed by atoms with E-state index >= 15 is 0 Å². The Morgan fingerprint density at radius 1 is 0.593 bits per heavy atom. The van der Waals surface area contributed by atoms with Crippen molar-refractivity contribution in [2.75, 3.05) is 19.8 Å². The summed E-state index contributed by atoms with van der Waals surface area (Å²) in [6, 6.07) is -1.52. The molecule has 0 aromatic carbocycles. The lowest BCUT2D eigenvalue weighted by molar-refractivity contribution is -0.161. The van der Waals surface area contributed by atoms with Gasteiger partial charge in [0.25, 0.3) is 0 Å². The van der Waals surface area contributed by atoms with Crippen LogP contribution in [0.1, 0.15) is 181 Å². The quantitative estimate of drug-likeness (QED) is 0.0234. The molecule has 0 saturated heterocycles. The third-order valence-electron chi connectivity index (χ3n) is 8.90. The summed E-state index contributed by atoms with van der Waals surface area (Å²) in [6.07, 6.45) is 39.3. The van der Waals surface area contributed by atoms with Crippen LogP contribution in [0.25, 0.3) is 0 Å².